The van der Waals surface area contributed by atoms with Gasteiger partial charge >= 0.3 is 12.1 Å². The van der Waals surface area contributed by atoms with E-state index < -0.39 is 12.1 Å². The summed E-state index contributed by atoms with van der Waals surface area (Å²) in [4.78, 5) is 36.0. The molecule has 4 rings (SSSR count). The minimum Gasteiger partial charge on any atom is -0.481 e. The summed E-state index contributed by atoms with van der Waals surface area (Å²) >= 11 is 0. The number of carbonyl (C=O) groups is 3. The van der Waals surface area contributed by atoms with E-state index in [0.29, 0.717) is 18.9 Å². The van der Waals surface area contributed by atoms with Gasteiger partial charge in [0, 0.05) is 24.9 Å². The Hall–Kier alpha value is -3.35. The first-order chi connectivity index (χ1) is 16.5. The fourth-order valence-corrected chi connectivity index (χ4v) is 4.84. The Morgan fingerprint density at radius 2 is 1.62 bits per heavy atom. The molecule has 2 atom stereocenters. The van der Waals surface area contributed by atoms with Gasteiger partial charge in [0.2, 0.25) is 5.91 Å². The van der Waals surface area contributed by atoms with Gasteiger partial charge in [-0.05, 0) is 53.4 Å². The highest BCUT2D eigenvalue weighted by Gasteiger charge is 2.33. The van der Waals surface area contributed by atoms with Crippen molar-refractivity contribution in [1.82, 2.24) is 10.6 Å². The van der Waals surface area contributed by atoms with E-state index in [4.69, 9.17) is 9.84 Å². The lowest BCUT2D eigenvalue weighted by atomic mass is 9.98. The molecule has 0 radical (unpaired) electrons. The molecule has 34 heavy (non-hydrogen) atoms. The Morgan fingerprint density at radius 1 is 1.00 bits per heavy atom. The molecular weight excluding hydrogens is 432 g/mol. The third-order valence-corrected chi connectivity index (χ3v) is 6.88. The van der Waals surface area contributed by atoms with Crippen LogP contribution in [0.25, 0.3) is 11.1 Å². The topological polar surface area (TPSA) is 105 Å². The van der Waals surface area contributed by atoms with E-state index in [-0.39, 0.29) is 43.2 Å². The molecule has 1 fully saturated rings. The molecule has 0 saturated heterocycles. The van der Waals surface area contributed by atoms with Crippen LogP contribution in [0.4, 0.5) is 4.79 Å². The molecule has 0 bridgehead atoms. The minimum atomic E-state index is -0.838. The number of aliphatic carboxylic acids is 1. The predicted octanol–water partition coefficient (Wildman–Crippen LogP) is 4.31. The van der Waals surface area contributed by atoms with Crippen LogP contribution in [-0.4, -0.2) is 42.3 Å². The van der Waals surface area contributed by atoms with E-state index in [1.165, 1.54) is 11.1 Å². The number of carboxylic acid groups (broad SMARTS) is 1. The van der Waals surface area contributed by atoms with Gasteiger partial charge in [0.25, 0.3) is 0 Å². The zero-order valence-electron chi connectivity index (χ0n) is 19.5. The van der Waals surface area contributed by atoms with E-state index in [2.05, 4.69) is 34.9 Å². The van der Waals surface area contributed by atoms with Crippen LogP contribution < -0.4 is 10.6 Å². The Labute approximate surface area is 199 Å². The zero-order chi connectivity index (χ0) is 24.1. The molecule has 0 aliphatic heterocycles. The summed E-state index contributed by atoms with van der Waals surface area (Å²) in [6.07, 6.45) is 2.29. The molecule has 7 nitrogen and oxygen atoms in total. The number of hydrogen-bond acceptors (Lipinski definition) is 4. The molecule has 3 N–H and O–H groups in total. The first-order valence-electron chi connectivity index (χ1n) is 12.1. The molecule has 1 saturated carbocycles. The minimum absolute atomic E-state index is 0.0184. The lowest BCUT2D eigenvalue weighted by Gasteiger charge is -2.20. The molecule has 2 aliphatic carbocycles. The number of nitrogens with one attached hydrogen (secondary N) is 2. The van der Waals surface area contributed by atoms with Gasteiger partial charge in [-0.15, -0.1) is 0 Å². The van der Waals surface area contributed by atoms with Crippen LogP contribution >= 0.6 is 0 Å². The molecular formula is C27H32N2O5. The van der Waals surface area contributed by atoms with Crippen molar-refractivity contribution >= 4 is 18.0 Å². The highest BCUT2D eigenvalue weighted by atomic mass is 16.5. The number of fused-ring (bicyclic) bond motifs is 3. The van der Waals surface area contributed by atoms with Gasteiger partial charge in [0.05, 0.1) is 6.42 Å². The van der Waals surface area contributed by atoms with Gasteiger partial charge in [0.15, 0.2) is 0 Å². The molecule has 1 unspecified atom stereocenters. The molecule has 180 valence electrons. The fourth-order valence-electron chi connectivity index (χ4n) is 4.84. The van der Waals surface area contributed by atoms with Crippen LogP contribution in [0.2, 0.25) is 0 Å². The van der Waals surface area contributed by atoms with Crippen LogP contribution in [0.5, 0.6) is 0 Å². The smallest absolute Gasteiger partial charge is 0.407 e. The molecule has 2 amide bonds. The summed E-state index contributed by atoms with van der Waals surface area (Å²) in [6.45, 7) is 2.48. The number of hydrogen-bond donors (Lipinski definition) is 3. The van der Waals surface area contributed by atoms with Crippen molar-refractivity contribution < 1.29 is 24.2 Å². The van der Waals surface area contributed by atoms with Gasteiger partial charge in [-0.3, -0.25) is 9.59 Å². The highest BCUT2D eigenvalue weighted by molar-refractivity contribution is 5.79. The van der Waals surface area contributed by atoms with Crippen molar-refractivity contribution in [3.63, 3.8) is 0 Å². The summed E-state index contributed by atoms with van der Waals surface area (Å²) in [6, 6.07) is 16.0. The number of rotatable bonds is 11. The average molecular weight is 465 g/mol. The van der Waals surface area contributed by atoms with Gasteiger partial charge in [-0.2, -0.15) is 0 Å². The molecule has 2 aliphatic rings. The third-order valence-electron chi connectivity index (χ3n) is 6.88. The molecule has 0 spiro atoms. The maximum Gasteiger partial charge on any atom is 0.407 e. The number of benzene rings is 2. The van der Waals surface area contributed by atoms with Gasteiger partial charge in [-0.25, -0.2) is 4.79 Å². The lowest BCUT2D eigenvalue weighted by Crippen LogP contribution is -2.40. The Morgan fingerprint density at radius 3 is 2.18 bits per heavy atom. The Bertz CT molecular complexity index is 1000. The van der Waals surface area contributed by atoms with Gasteiger partial charge < -0.3 is 20.5 Å². The van der Waals surface area contributed by atoms with Crippen LogP contribution in [0.1, 0.15) is 56.1 Å². The van der Waals surface area contributed by atoms with Crippen LogP contribution in [0.3, 0.4) is 0 Å². The first-order valence-corrected chi connectivity index (χ1v) is 12.1. The molecule has 0 aromatic heterocycles. The summed E-state index contributed by atoms with van der Waals surface area (Å²) in [5, 5.41) is 14.7. The van der Waals surface area contributed by atoms with E-state index in [1.54, 1.807) is 0 Å². The number of alkyl carbamates (subject to hydrolysis) is 1. The second-order valence-corrected chi connectivity index (χ2v) is 9.28. The maximum absolute atomic E-state index is 12.5. The van der Waals surface area contributed by atoms with E-state index in [1.807, 2.05) is 31.2 Å². The normalized spacial score (nSPS) is 16.1. The van der Waals surface area contributed by atoms with Crippen molar-refractivity contribution in [2.75, 3.05) is 13.2 Å². The van der Waals surface area contributed by atoms with Gasteiger partial charge in [-0.1, -0.05) is 55.5 Å². The van der Waals surface area contributed by atoms with Gasteiger partial charge in [0.1, 0.15) is 6.61 Å². The fraction of sp³-hybridized carbons (Fsp3) is 0.444. The van der Waals surface area contributed by atoms with E-state index in [9.17, 15) is 14.4 Å². The number of carbonyl (C=O) groups excluding carboxylic acids is 2. The standard InChI is InChI=1S/C27H32N2O5/c1-2-19(14-25(30)28-15-18(13-26(31)32)17-11-12-17)29-27(33)34-16-24-22-9-5-3-7-20(22)21-8-4-6-10-23(21)24/h3-10,17-19,24H,2,11-16H2,1H3,(H,28,30)(H,29,33)(H,31,32)/t18?,19-/m0/s1. The van der Waals surface area contributed by atoms with Crippen molar-refractivity contribution in [3.05, 3.63) is 59.7 Å². The Balaban J connectivity index is 1.27. The van der Waals surface area contributed by atoms with Crippen molar-refractivity contribution in [1.29, 1.82) is 0 Å². The second kappa shape index (κ2) is 10.7. The predicted molar refractivity (Wildman–Crippen MR) is 128 cm³/mol. The second-order valence-electron chi connectivity index (χ2n) is 9.28. The Kier molecular flexibility index (Phi) is 7.50. The number of carboxylic acids is 1. The van der Waals surface area contributed by atoms with Crippen LogP contribution in [0, 0.1) is 11.8 Å². The van der Waals surface area contributed by atoms with Crippen LogP contribution in [-0.2, 0) is 14.3 Å². The third kappa shape index (κ3) is 5.76. The molecule has 7 heteroatoms. The zero-order valence-corrected chi connectivity index (χ0v) is 19.5. The first kappa shape index (κ1) is 23.8. The summed E-state index contributed by atoms with van der Waals surface area (Å²) in [5.74, 6) is -0.694. The summed E-state index contributed by atoms with van der Waals surface area (Å²) in [5.41, 5.74) is 4.63. The summed E-state index contributed by atoms with van der Waals surface area (Å²) < 4.78 is 5.59. The molecule has 0 heterocycles. The quantitative estimate of drug-likeness (QED) is 0.460. The largest absolute Gasteiger partial charge is 0.481 e. The van der Waals surface area contributed by atoms with Crippen molar-refractivity contribution in [2.45, 2.75) is 51.0 Å². The molecule has 2 aromatic carbocycles. The number of amides is 2. The van der Waals surface area contributed by atoms with Crippen LogP contribution in [0.15, 0.2) is 48.5 Å². The van der Waals surface area contributed by atoms with Crippen molar-refractivity contribution in [3.8, 4) is 11.1 Å². The van der Waals surface area contributed by atoms with Crippen molar-refractivity contribution in [2.24, 2.45) is 11.8 Å². The SMILES string of the molecule is CC[C@@H](CC(=O)NCC(CC(=O)O)C1CC1)NC(=O)OCC1c2ccccc2-c2ccccc21. The number of ether oxygens (including phenoxy) is 1. The average Bonchev–Trinajstić information content (AvgIpc) is 3.62. The van der Waals surface area contributed by atoms with E-state index >= 15 is 0 Å². The summed E-state index contributed by atoms with van der Waals surface area (Å²) in [7, 11) is 0. The monoisotopic (exact) mass is 464 g/mol. The van der Waals surface area contributed by atoms with E-state index in [0.717, 1.165) is 24.0 Å². The molecule has 2 aromatic rings. The lowest BCUT2D eigenvalue weighted by molar-refractivity contribution is -0.138. The highest BCUT2D eigenvalue weighted by Crippen LogP contribution is 2.44. The maximum atomic E-state index is 12.5.